The number of hydrogen-bond acceptors (Lipinski definition) is 5. The van der Waals surface area contributed by atoms with Gasteiger partial charge in [-0.2, -0.15) is 0 Å². The highest BCUT2D eigenvalue weighted by molar-refractivity contribution is 7.13. The fraction of sp³-hybridized carbons (Fsp3) is 0.769. The van der Waals surface area contributed by atoms with E-state index in [9.17, 15) is 5.11 Å². The van der Waals surface area contributed by atoms with E-state index in [2.05, 4.69) is 28.8 Å². The number of likely N-dealkylation sites (tertiary alicyclic amines) is 1. The molecular formula is C13H23N3OS. The van der Waals surface area contributed by atoms with Crippen LogP contribution in [-0.4, -0.2) is 47.7 Å². The van der Waals surface area contributed by atoms with Crippen LogP contribution in [0.4, 0.5) is 5.13 Å². The molecule has 1 aromatic heterocycles. The summed E-state index contributed by atoms with van der Waals surface area (Å²) in [7, 11) is 2.12. The molecule has 1 N–H and O–H groups in total. The Balaban J connectivity index is 1.96. The zero-order valence-electron chi connectivity index (χ0n) is 11.5. The van der Waals surface area contributed by atoms with Crippen LogP contribution in [0.5, 0.6) is 0 Å². The number of thiazole rings is 1. The van der Waals surface area contributed by atoms with Gasteiger partial charge < -0.3 is 14.9 Å². The lowest BCUT2D eigenvalue weighted by atomic mass is 10.0. The predicted octanol–water partition coefficient (Wildman–Crippen LogP) is 2.12. The monoisotopic (exact) mass is 269 g/mol. The highest BCUT2D eigenvalue weighted by Crippen LogP contribution is 2.27. The fourth-order valence-electron chi connectivity index (χ4n) is 2.41. The molecule has 2 rings (SSSR count). The first-order valence-corrected chi connectivity index (χ1v) is 7.58. The quantitative estimate of drug-likeness (QED) is 0.909. The van der Waals surface area contributed by atoms with Crippen molar-refractivity contribution in [2.45, 2.75) is 38.8 Å². The molecule has 0 radical (unpaired) electrons. The summed E-state index contributed by atoms with van der Waals surface area (Å²) in [6.45, 7) is 7.50. The Labute approximate surface area is 113 Å². The summed E-state index contributed by atoms with van der Waals surface area (Å²) >= 11 is 1.63. The molecule has 4 nitrogen and oxygen atoms in total. The number of nitrogens with zero attached hydrogens (tertiary/aromatic N) is 3. The van der Waals surface area contributed by atoms with E-state index in [1.807, 2.05) is 5.38 Å². The van der Waals surface area contributed by atoms with Gasteiger partial charge in [-0.25, -0.2) is 4.98 Å². The van der Waals surface area contributed by atoms with Crippen LogP contribution in [0.1, 0.15) is 38.5 Å². The third-order valence-corrected chi connectivity index (χ3v) is 4.74. The number of aliphatic hydroxyl groups is 1. The van der Waals surface area contributed by atoms with E-state index in [1.165, 1.54) is 25.9 Å². The third-order valence-electron chi connectivity index (χ3n) is 3.79. The van der Waals surface area contributed by atoms with Gasteiger partial charge in [0.25, 0.3) is 0 Å². The van der Waals surface area contributed by atoms with Crippen molar-refractivity contribution in [3.05, 3.63) is 11.1 Å². The lowest BCUT2D eigenvalue weighted by Crippen LogP contribution is -2.43. The molecule has 0 aromatic carbocycles. The predicted molar refractivity (Wildman–Crippen MR) is 76.3 cm³/mol. The Morgan fingerprint density at radius 2 is 2.22 bits per heavy atom. The van der Waals surface area contributed by atoms with Crippen LogP contribution in [0.25, 0.3) is 0 Å². The molecule has 102 valence electrons. The van der Waals surface area contributed by atoms with Crippen molar-refractivity contribution < 1.29 is 5.11 Å². The van der Waals surface area contributed by atoms with Gasteiger partial charge in [0.2, 0.25) is 0 Å². The van der Waals surface area contributed by atoms with Crippen LogP contribution in [0.3, 0.4) is 0 Å². The smallest absolute Gasteiger partial charge is 0.185 e. The molecule has 1 aliphatic rings. The lowest BCUT2D eigenvalue weighted by molar-refractivity contribution is 0.195. The van der Waals surface area contributed by atoms with Gasteiger partial charge in [-0.1, -0.05) is 6.92 Å². The van der Waals surface area contributed by atoms with E-state index in [1.54, 1.807) is 18.3 Å². The molecule has 0 spiro atoms. The maximum Gasteiger partial charge on any atom is 0.185 e. The Morgan fingerprint density at radius 1 is 1.56 bits per heavy atom. The molecule has 0 saturated carbocycles. The molecule has 1 saturated heterocycles. The summed E-state index contributed by atoms with van der Waals surface area (Å²) in [5.41, 5.74) is 0.785. The van der Waals surface area contributed by atoms with Gasteiger partial charge in [0.15, 0.2) is 5.13 Å². The maximum atomic E-state index is 9.51. The van der Waals surface area contributed by atoms with E-state index in [-0.39, 0.29) is 0 Å². The van der Waals surface area contributed by atoms with E-state index in [4.69, 9.17) is 0 Å². The van der Waals surface area contributed by atoms with Gasteiger partial charge in [-0.15, -0.1) is 11.3 Å². The average molecular weight is 269 g/mol. The van der Waals surface area contributed by atoms with Crippen LogP contribution in [0, 0.1) is 0 Å². The minimum absolute atomic E-state index is 0.467. The molecule has 0 aliphatic carbocycles. The minimum atomic E-state index is -0.467. The Hall–Kier alpha value is -0.650. The van der Waals surface area contributed by atoms with Gasteiger partial charge in [-0.3, -0.25) is 0 Å². The lowest BCUT2D eigenvalue weighted by Gasteiger charge is -2.36. The Kier molecular flexibility index (Phi) is 4.59. The topological polar surface area (TPSA) is 39.6 Å². The largest absolute Gasteiger partial charge is 0.387 e. The highest BCUT2D eigenvalue weighted by Gasteiger charge is 2.23. The molecule has 0 amide bonds. The van der Waals surface area contributed by atoms with E-state index < -0.39 is 6.10 Å². The Bertz CT molecular complexity index is 372. The zero-order valence-corrected chi connectivity index (χ0v) is 12.3. The molecule has 1 unspecified atom stereocenters. The Morgan fingerprint density at radius 3 is 2.72 bits per heavy atom. The van der Waals surface area contributed by atoms with Gasteiger partial charge in [0.05, 0.1) is 11.8 Å². The van der Waals surface area contributed by atoms with Crippen LogP contribution in [-0.2, 0) is 0 Å². The van der Waals surface area contributed by atoms with Crippen molar-refractivity contribution >= 4 is 16.5 Å². The first-order valence-electron chi connectivity index (χ1n) is 6.70. The highest BCUT2D eigenvalue weighted by atomic mass is 32.1. The van der Waals surface area contributed by atoms with E-state index >= 15 is 0 Å². The second-order valence-corrected chi connectivity index (χ2v) is 5.84. The third kappa shape index (κ3) is 3.02. The van der Waals surface area contributed by atoms with Crippen molar-refractivity contribution in [3.63, 3.8) is 0 Å². The number of rotatable bonds is 4. The van der Waals surface area contributed by atoms with Gasteiger partial charge in [0.1, 0.15) is 0 Å². The molecule has 18 heavy (non-hydrogen) atoms. The fourth-order valence-corrected chi connectivity index (χ4v) is 3.36. The molecule has 0 bridgehead atoms. The first kappa shape index (κ1) is 13.8. The normalized spacial score (nSPS) is 20.0. The van der Waals surface area contributed by atoms with Gasteiger partial charge in [-0.05, 0) is 26.3 Å². The molecule has 1 aromatic rings. The van der Waals surface area contributed by atoms with Gasteiger partial charge >= 0.3 is 0 Å². The number of hydrogen-bond donors (Lipinski definition) is 1. The SMILES string of the molecule is CCN1CCC(N(C)c2nc(C(C)O)cs2)CC1. The summed E-state index contributed by atoms with van der Waals surface area (Å²) in [5.74, 6) is 0. The standard InChI is InChI=1S/C13H23N3OS/c1-4-16-7-5-11(6-8-16)15(3)13-14-12(9-18-13)10(2)17/h9-11,17H,4-8H2,1-3H3. The molecule has 2 heterocycles. The second-order valence-electron chi connectivity index (χ2n) is 5.01. The summed E-state index contributed by atoms with van der Waals surface area (Å²) in [4.78, 5) is 9.28. The summed E-state index contributed by atoms with van der Waals surface area (Å²) in [6.07, 6.45) is 1.94. The summed E-state index contributed by atoms with van der Waals surface area (Å²) < 4.78 is 0. The molecule has 1 aliphatic heterocycles. The first-order chi connectivity index (χ1) is 8.61. The number of aliphatic hydroxyl groups excluding tert-OH is 1. The zero-order chi connectivity index (χ0) is 13.1. The van der Waals surface area contributed by atoms with Crippen LogP contribution in [0.15, 0.2) is 5.38 Å². The van der Waals surface area contributed by atoms with Crippen LogP contribution < -0.4 is 4.90 Å². The number of piperidine rings is 1. The van der Waals surface area contributed by atoms with Crippen molar-refractivity contribution in [2.24, 2.45) is 0 Å². The molecule has 5 heteroatoms. The van der Waals surface area contributed by atoms with Gasteiger partial charge in [0, 0.05) is 31.6 Å². The summed E-state index contributed by atoms with van der Waals surface area (Å²) in [5, 5.41) is 12.5. The van der Waals surface area contributed by atoms with Crippen LogP contribution in [0.2, 0.25) is 0 Å². The summed E-state index contributed by atoms with van der Waals surface area (Å²) in [6, 6.07) is 0.584. The average Bonchev–Trinajstić information content (AvgIpc) is 2.88. The van der Waals surface area contributed by atoms with Crippen molar-refractivity contribution in [1.29, 1.82) is 0 Å². The molecule has 1 fully saturated rings. The van der Waals surface area contributed by atoms with Crippen molar-refractivity contribution in [2.75, 3.05) is 31.6 Å². The van der Waals surface area contributed by atoms with Crippen molar-refractivity contribution in [3.8, 4) is 0 Å². The van der Waals surface area contributed by atoms with Crippen molar-refractivity contribution in [1.82, 2.24) is 9.88 Å². The number of anilines is 1. The van der Waals surface area contributed by atoms with Crippen LogP contribution >= 0.6 is 11.3 Å². The minimum Gasteiger partial charge on any atom is -0.387 e. The maximum absolute atomic E-state index is 9.51. The molecular weight excluding hydrogens is 246 g/mol. The van der Waals surface area contributed by atoms with E-state index in [0.29, 0.717) is 6.04 Å². The van der Waals surface area contributed by atoms with E-state index in [0.717, 1.165) is 17.4 Å². The molecule has 1 atom stereocenters. The second kappa shape index (κ2) is 5.99. The number of aromatic nitrogens is 1.